The summed E-state index contributed by atoms with van der Waals surface area (Å²) in [5, 5.41) is 4.20. The maximum atomic E-state index is 6.20. The lowest BCUT2D eigenvalue weighted by Crippen LogP contribution is -2.45. The van der Waals surface area contributed by atoms with Crippen LogP contribution in [0, 0.1) is 0 Å². The van der Waals surface area contributed by atoms with Gasteiger partial charge in [-0.1, -0.05) is 6.58 Å². The second-order valence-electron chi connectivity index (χ2n) is 4.70. The molecule has 0 spiro atoms. The lowest BCUT2D eigenvalue weighted by molar-refractivity contribution is 0.391. The first-order valence-electron chi connectivity index (χ1n) is 4.96. The molecule has 2 N–H and O–H groups in total. The maximum absolute atomic E-state index is 6.20. The van der Waals surface area contributed by atoms with Gasteiger partial charge >= 0.3 is 0 Å². The minimum atomic E-state index is -0.165. The van der Waals surface area contributed by atoms with Crippen molar-refractivity contribution in [3.63, 3.8) is 0 Å². The Labute approximate surface area is 84.6 Å². The molecule has 0 atom stereocenters. The number of nitrogens with two attached hydrogens (primary N) is 1. The molecule has 2 rings (SSSR count). The third-order valence-corrected chi connectivity index (χ3v) is 3.32. The maximum Gasteiger partial charge on any atom is 0.0532 e. The summed E-state index contributed by atoms with van der Waals surface area (Å²) >= 11 is 0. The van der Waals surface area contributed by atoms with Gasteiger partial charge in [0, 0.05) is 23.4 Å². The molecule has 1 aliphatic rings. The van der Waals surface area contributed by atoms with Gasteiger partial charge in [0.1, 0.15) is 0 Å². The van der Waals surface area contributed by atoms with Crippen LogP contribution in [-0.2, 0) is 5.41 Å². The molecule has 0 aliphatic heterocycles. The van der Waals surface area contributed by atoms with Gasteiger partial charge in [-0.15, -0.1) is 0 Å². The molecule has 3 heteroatoms. The molecule has 0 unspecified atom stereocenters. The summed E-state index contributed by atoms with van der Waals surface area (Å²) in [6.07, 6.45) is 7.96. The molecule has 0 aromatic carbocycles. The van der Waals surface area contributed by atoms with Crippen molar-refractivity contribution in [2.45, 2.75) is 37.6 Å². The summed E-state index contributed by atoms with van der Waals surface area (Å²) in [5.41, 5.74) is 7.42. The van der Waals surface area contributed by atoms with Crippen molar-refractivity contribution in [3.8, 4) is 0 Å². The summed E-state index contributed by atoms with van der Waals surface area (Å²) in [7, 11) is 0. The zero-order chi connectivity index (χ0) is 10.4. The van der Waals surface area contributed by atoms with Gasteiger partial charge in [-0.3, -0.25) is 0 Å². The molecule has 0 bridgehead atoms. The molecular formula is C11H17N3. The highest BCUT2D eigenvalue weighted by molar-refractivity contribution is 5.34. The third-order valence-electron chi connectivity index (χ3n) is 3.32. The number of hydrogen-bond donors (Lipinski definition) is 1. The Morgan fingerprint density at radius 1 is 1.64 bits per heavy atom. The molecule has 0 saturated heterocycles. The normalized spacial score (nSPS) is 19.4. The van der Waals surface area contributed by atoms with Crippen LogP contribution in [0.1, 0.15) is 32.3 Å². The second kappa shape index (κ2) is 2.70. The van der Waals surface area contributed by atoms with Gasteiger partial charge in [0.05, 0.1) is 6.20 Å². The minimum absolute atomic E-state index is 0.147. The summed E-state index contributed by atoms with van der Waals surface area (Å²) in [6.45, 7) is 7.86. The first kappa shape index (κ1) is 9.46. The highest BCUT2D eigenvalue weighted by Crippen LogP contribution is 2.54. The highest BCUT2D eigenvalue weighted by Gasteiger charge is 2.54. The van der Waals surface area contributed by atoms with Crippen molar-refractivity contribution in [1.82, 2.24) is 9.78 Å². The molecule has 14 heavy (non-hydrogen) atoms. The fourth-order valence-corrected chi connectivity index (χ4v) is 2.12. The monoisotopic (exact) mass is 191 g/mol. The molecule has 0 amide bonds. The van der Waals surface area contributed by atoms with Crippen molar-refractivity contribution in [1.29, 1.82) is 0 Å². The second-order valence-corrected chi connectivity index (χ2v) is 4.70. The Kier molecular flexibility index (Phi) is 1.83. The van der Waals surface area contributed by atoms with Crippen LogP contribution < -0.4 is 5.73 Å². The Hall–Kier alpha value is -1.09. The van der Waals surface area contributed by atoms with E-state index in [1.807, 2.05) is 12.4 Å². The molecule has 1 aromatic heterocycles. The highest BCUT2D eigenvalue weighted by atomic mass is 15.2. The van der Waals surface area contributed by atoms with Crippen molar-refractivity contribution in [3.05, 3.63) is 24.5 Å². The predicted octanol–water partition coefficient (Wildman–Crippen LogP) is 1.75. The third kappa shape index (κ3) is 1.20. The smallest absolute Gasteiger partial charge is 0.0532 e. The van der Waals surface area contributed by atoms with Crippen LogP contribution >= 0.6 is 0 Å². The number of aromatic nitrogens is 2. The molecule has 3 nitrogen and oxygen atoms in total. The van der Waals surface area contributed by atoms with Gasteiger partial charge in [-0.05, 0) is 32.3 Å². The van der Waals surface area contributed by atoms with Crippen LogP contribution in [0.2, 0.25) is 0 Å². The fourth-order valence-electron chi connectivity index (χ4n) is 2.12. The quantitative estimate of drug-likeness (QED) is 0.791. The van der Waals surface area contributed by atoms with Crippen LogP contribution in [0.3, 0.4) is 0 Å². The summed E-state index contributed by atoms with van der Waals surface area (Å²) in [6, 6.07) is 0. The molecule has 1 aliphatic carbocycles. The molecule has 0 radical (unpaired) electrons. The Morgan fingerprint density at radius 3 is 2.64 bits per heavy atom. The average Bonchev–Trinajstić information content (AvgIpc) is 2.79. The average molecular weight is 191 g/mol. The zero-order valence-corrected chi connectivity index (χ0v) is 8.83. The van der Waals surface area contributed by atoms with Crippen molar-refractivity contribution in [2.24, 2.45) is 5.73 Å². The summed E-state index contributed by atoms with van der Waals surface area (Å²) in [4.78, 5) is 0. The fraction of sp³-hybridized carbons (Fsp3) is 0.545. The van der Waals surface area contributed by atoms with Crippen LogP contribution in [0.15, 0.2) is 19.0 Å². The van der Waals surface area contributed by atoms with E-state index in [9.17, 15) is 0 Å². The molecule has 76 valence electrons. The predicted molar refractivity (Wildman–Crippen MR) is 57.8 cm³/mol. The van der Waals surface area contributed by atoms with E-state index >= 15 is 0 Å². The van der Waals surface area contributed by atoms with Gasteiger partial charge in [-0.25, -0.2) is 4.68 Å². The zero-order valence-electron chi connectivity index (χ0n) is 8.83. The SMILES string of the molecule is C=Cn1cc(C2(C(C)(C)N)CC2)cn1. The van der Waals surface area contributed by atoms with Crippen molar-refractivity contribution < 1.29 is 0 Å². The Morgan fingerprint density at radius 2 is 2.29 bits per heavy atom. The van der Waals surface area contributed by atoms with Gasteiger partial charge in [0.2, 0.25) is 0 Å². The molecule has 1 fully saturated rings. The Balaban J connectivity index is 2.35. The van der Waals surface area contributed by atoms with Crippen molar-refractivity contribution >= 4 is 6.20 Å². The van der Waals surface area contributed by atoms with E-state index < -0.39 is 0 Å². The minimum Gasteiger partial charge on any atom is -0.325 e. The van der Waals surface area contributed by atoms with E-state index in [1.165, 1.54) is 18.4 Å². The van der Waals surface area contributed by atoms with Crippen molar-refractivity contribution in [2.75, 3.05) is 0 Å². The van der Waals surface area contributed by atoms with E-state index in [-0.39, 0.29) is 11.0 Å². The van der Waals surface area contributed by atoms with Crippen LogP contribution in [0.4, 0.5) is 0 Å². The lowest BCUT2D eigenvalue weighted by atomic mass is 9.81. The number of hydrogen-bond acceptors (Lipinski definition) is 2. The molecule has 1 aromatic rings. The molecule has 1 heterocycles. The van der Waals surface area contributed by atoms with Gasteiger partial charge < -0.3 is 5.73 Å². The van der Waals surface area contributed by atoms with E-state index in [0.717, 1.165) is 0 Å². The van der Waals surface area contributed by atoms with E-state index in [0.29, 0.717) is 0 Å². The van der Waals surface area contributed by atoms with Crippen LogP contribution in [0.25, 0.3) is 6.20 Å². The molecular weight excluding hydrogens is 174 g/mol. The standard InChI is InChI=1S/C11H17N3/c1-4-14-8-9(7-13-14)11(5-6-11)10(2,3)12/h4,7-8H,1,5-6,12H2,2-3H3. The van der Waals surface area contributed by atoms with Gasteiger partial charge in [0.15, 0.2) is 0 Å². The van der Waals surface area contributed by atoms with Gasteiger partial charge in [0.25, 0.3) is 0 Å². The number of rotatable bonds is 3. The van der Waals surface area contributed by atoms with Gasteiger partial charge in [-0.2, -0.15) is 5.10 Å². The van der Waals surface area contributed by atoms with E-state index in [2.05, 4.69) is 25.5 Å². The Bertz CT molecular complexity index is 353. The summed E-state index contributed by atoms with van der Waals surface area (Å²) < 4.78 is 1.74. The van der Waals surface area contributed by atoms with Crippen LogP contribution in [-0.4, -0.2) is 15.3 Å². The topological polar surface area (TPSA) is 43.8 Å². The lowest BCUT2D eigenvalue weighted by Gasteiger charge is -2.29. The van der Waals surface area contributed by atoms with E-state index in [1.54, 1.807) is 10.9 Å². The first-order valence-corrected chi connectivity index (χ1v) is 4.96. The number of nitrogens with zero attached hydrogens (tertiary/aromatic N) is 2. The molecule has 1 saturated carbocycles. The van der Waals surface area contributed by atoms with Crippen LogP contribution in [0.5, 0.6) is 0 Å². The largest absolute Gasteiger partial charge is 0.325 e. The first-order chi connectivity index (χ1) is 6.49. The summed E-state index contributed by atoms with van der Waals surface area (Å²) in [5.74, 6) is 0. The van der Waals surface area contributed by atoms with E-state index in [4.69, 9.17) is 5.73 Å².